The van der Waals surface area contributed by atoms with Crippen molar-refractivity contribution in [3.05, 3.63) is 70.8 Å². The number of carbonyl (C=O) groups excluding carboxylic acids is 1. The summed E-state index contributed by atoms with van der Waals surface area (Å²) in [5.74, 6) is -1.86. The number of hydrogen-bond donors (Lipinski definition) is 1. The normalized spacial score (nSPS) is 15.0. The number of benzene rings is 2. The number of carboxylic acids is 1. The predicted octanol–water partition coefficient (Wildman–Crippen LogP) is 2.90. The van der Waals surface area contributed by atoms with E-state index in [1.54, 1.807) is 30.3 Å². The van der Waals surface area contributed by atoms with Crippen molar-refractivity contribution in [2.24, 2.45) is 0 Å². The van der Waals surface area contributed by atoms with Gasteiger partial charge in [0.2, 0.25) is 0 Å². The minimum absolute atomic E-state index is 0.0484. The summed E-state index contributed by atoms with van der Waals surface area (Å²) in [6.07, 6.45) is 0. The first-order valence-corrected chi connectivity index (χ1v) is 7.37. The summed E-state index contributed by atoms with van der Waals surface area (Å²) in [5, 5.41) is 18.4. The third-order valence-corrected chi connectivity index (χ3v) is 3.96. The molecule has 0 aromatic heterocycles. The molecule has 0 fully saturated rings. The first-order chi connectivity index (χ1) is 11.5. The first kappa shape index (κ1) is 15.5. The van der Waals surface area contributed by atoms with Gasteiger partial charge in [0.1, 0.15) is 6.07 Å². The summed E-state index contributed by atoms with van der Waals surface area (Å²) in [7, 11) is 0. The number of hydrogen-bond acceptors (Lipinski definition) is 3. The van der Waals surface area contributed by atoms with E-state index in [2.05, 4.69) is 0 Å². The highest BCUT2D eigenvalue weighted by Gasteiger charge is 2.36. The molecule has 2 aromatic rings. The maximum atomic E-state index is 12.8. The highest BCUT2D eigenvalue weighted by Crippen LogP contribution is 2.39. The van der Waals surface area contributed by atoms with Gasteiger partial charge < -0.3 is 10.0 Å². The first-order valence-electron chi connectivity index (χ1n) is 7.37. The van der Waals surface area contributed by atoms with E-state index in [0.29, 0.717) is 17.8 Å². The van der Waals surface area contributed by atoms with Gasteiger partial charge in [0.25, 0.3) is 5.91 Å². The molecule has 5 heteroatoms. The fourth-order valence-electron chi connectivity index (χ4n) is 2.77. The lowest BCUT2D eigenvalue weighted by atomic mass is 10.0. The molecule has 0 saturated carbocycles. The topological polar surface area (TPSA) is 81.4 Å². The third-order valence-electron chi connectivity index (χ3n) is 3.96. The molecule has 118 valence electrons. The van der Waals surface area contributed by atoms with Crippen molar-refractivity contribution in [2.45, 2.75) is 13.5 Å². The predicted molar refractivity (Wildman–Crippen MR) is 89.0 cm³/mol. The average Bonchev–Trinajstić information content (AvgIpc) is 2.83. The van der Waals surface area contributed by atoms with Crippen molar-refractivity contribution < 1.29 is 14.7 Å². The molecule has 24 heavy (non-hydrogen) atoms. The van der Waals surface area contributed by atoms with Crippen molar-refractivity contribution >= 4 is 23.1 Å². The van der Waals surface area contributed by atoms with Crippen LogP contribution in [0.4, 0.5) is 5.69 Å². The highest BCUT2D eigenvalue weighted by atomic mass is 16.4. The number of anilines is 1. The van der Waals surface area contributed by atoms with Gasteiger partial charge in [-0.15, -0.1) is 0 Å². The Balaban J connectivity index is 2.10. The van der Waals surface area contributed by atoms with Crippen molar-refractivity contribution in [2.75, 3.05) is 4.90 Å². The van der Waals surface area contributed by atoms with E-state index >= 15 is 0 Å². The van der Waals surface area contributed by atoms with Crippen molar-refractivity contribution in [3.63, 3.8) is 0 Å². The zero-order valence-electron chi connectivity index (χ0n) is 13.0. The number of aryl methyl sites for hydroxylation is 1. The maximum absolute atomic E-state index is 12.8. The minimum atomic E-state index is -1.40. The van der Waals surface area contributed by atoms with Crippen LogP contribution < -0.4 is 4.90 Å². The van der Waals surface area contributed by atoms with Gasteiger partial charge in [-0.1, -0.05) is 48.0 Å². The molecule has 0 unspecified atom stereocenters. The van der Waals surface area contributed by atoms with Gasteiger partial charge in [0.15, 0.2) is 5.57 Å². The monoisotopic (exact) mass is 318 g/mol. The molecule has 1 aliphatic rings. The number of amides is 1. The van der Waals surface area contributed by atoms with Gasteiger partial charge in [0.05, 0.1) is 17.8 Å². The Bertz CT molecular complexity index is 905. The molecule has 1 N–H and O–H groups in total. The van der Waals surface area contributed by atoms with Crippen LogP contribution >= 0.6 is 0 Å². The van der Waals surface area contributed by atoms with Crippen LogP contribution in [0.1, 0.15) is 16.7 Å². The minimum Gasteiger partial charge on any atom is -0.477 e. The van der Waals surface area contributed by atoms with E-state index in [0.717, 1.165) is 11.1 Å². The Hall–Kier alpha value is -3.39. The Kier molecular flexibility index (Phi) is 3.88. The lowest BCUT2D eigenvalue weighted by Crippen LogP contribution is -2.26. The summed E-state index contributed by atoms with van der Waals surface area (Å²) in [6.45, 7) is 2.30. The number of carbonyl (C=O) groups is 2. The van der Waals surface area contributed by atoms with E-state index in [1.165, 1.54) is 4.90 Å². The zero-order chi connectivity index (χ0) is 17.3. The second-order valence-corrected chi connectivity index (χ2v) is 5.56. The number of rotatable bonds is 3. The fraction of sp³-hybridized carbons (Fsp3) is 0.105. The molecule has 2 aromatic carbocycles. The van der Waals surface area contributed by atoms with Crippen LogP contribution in [0.3, 0.4) is 0 Å². The van der Waals surface area contributed by atoms with Gasteiger partial charge in [-0.2, -0.15) is 5.26 Å². The van der Waals surface area contributed by atoms with Crippen LogP contribution in [-0.4, -0.2) is 17.0 Å². The number of nitriles is 1. The molecular weight excluding hydrogens is 304 g/mol. The van der Waals surface area contributed by atoms with Crippen LogP contribution in [0.25, 0.3) is 5.57 Å². The molecule has 0 radical (unpaired) electrons. The van der Waals surface area contributed by atoms with Gasteiger partial charge in [-0.05, 0) is 18.6 Å². The van der Waals surface area contributed by atoms with E-state index in [9.17, 15) is 14.7 Å². The van der Waals surface area contributed by atoms with Crippen LogP contribution in [0.5, 0.6) is 0 Å². The molecule has 0 aliphatic carbocycles. The fourth-order valence-corrected chi connectivity index (χ4v) is 2.77. The van der Waals surface area contributed by atoms with Crippen LogP contribution in [0, 0.1) is 18.3 Å². The summed E-state index contributed by atoms with van der Waals surface area (Å²) in [6, 6.07) is 16.3. The maximum Gasteiger partial charge on any atom is 0.347 e. The Morgan fingerprint density at radius 1 is 1.17 bits per heavy atom. The molecular formula is C19H14N2O3. The SMILES string of the molecule is Cc1ccc(CN2C(=O)/C(=C(\C#N)C(=O)O)c3ccccc32)cc1. The molecule has 0 atom stereocenters. The summed E-state index contributed by atoms with van der Waals surface area (Å²) in [5.41, 5.74) is 2.57. The second kappa shape index (κ2) is 6.01. The molecule has 1 aliphatic heterocycles. The number of fused-ring (bicyclic) bond motifs is 1. The van der Waals surface area contributed by atoms with Crippen molar-refractivity contribution in [1.29, 1.82) is 5.26 Å². The molecule has 5 nitrogen and oxygen atoms in total. The molecule has 3 rings (SSSR count). The Labute approximate surface area is 139 Å². The Morgan fingerprint density at radius 2 is 1.83 bits per heavy atom. The summed E-state index contributed by atoms with van der Waals surface area (Å²) in [4.78, 5) is 25.6. The van der Waals surface area contributed by atoms with E-state index in [1.807, 2.05) is 31.2 Å². The third kappa shape index (κ3) is 2.55. The number of nitrogens with zero attached hydrogens (tertiary/aromatic N) is 2. The molecule has 0 bridgehead atoms. The lowest BCUT2D eigenvalue weighted by Gasteiger charge is -2.17. The molecule has 0 saturated heterocycles. The summed E-state index contributed by atoms with van der Waals surface area (Å²) < 4.78 is 0. The number of para-hydroxylation sites is 1. The number of aliphatic carboxylic acids is 1. The van der Waals surface area contributed by atoms with E-state index in [-0.39, 0.29) is 5.57 Å². The largest absolute Gasteiger partial charge is 0.477 e. The molecule has 0 spiro atoms. The molecule has 1 amide bonds. The smallest absolute Gasteiger partial charge is 0.347 e. The van der Waals surface area contributed by atoms with Crippen LogP contribution in [0.2, 0.25) is 0 Å². The van der Waals surface area contributed by atoms with E-state index in [4.69, 9.17) is 5.26 Å². The second-order valence-electron chi connectivity index (χ2n) is 5.56. The molecule has 1 heterocycles. The van der Waals surface area contributed by atoms with Crippen molar-refractivity contribution in [1.82, 2.24) is 0 Å². The van der Waals surface area contributed by atoms with Gasteiger partial charge in [0, 0.05) is 5.56 Å². The standard InChI is InChI=1S/C19H14N2O3/c1-12-6-8-13(9-7-12)11-21-16-5-3-2-4-14(16)17(18(21)22)15(10-20)19(23)24/h2-9H,11H2,1H3,(H,23,24)/b17-15+. The van der Waals surface area contributed by atoms with E-state index < -0.39 is 17.4 Å². The van der Waals surface area contributed by atoms with Crippen LogP contribution in [0.15, 0.2) is 54.1 Å². The van der Waals surface area contributed by atoms with Gasteiger partial charge in [-0.25, -0.2) is 4.79 Å². The average molecular weight is 318 g/mol. The lowest BCUT2D eigenvalue weighted by molar-refractivity contribution is -0.132. The zero-order valence-corrected chi connectivity index (χ0v) is 13.0. The van der Waals surface area contributed by atoms with Gasteiger partial charge in [-0.3, -0.25) is 4.79 Å². The highest BCUT2D eigenvalue weighted by molar-refractivity contribution is 6.36. The van der Waals surface area contributed by atoms with Crippen molar-refractivity contribution in [3.8, 4) is 6.07 Å². The van der Waals surface area contributed by atoms with Gasteiger partial charge >= 0.3 is 5.97 Å². The Morgan fingerprint density at radius 3 is 2.46 bits per heavy atom. The number of carboxylic acid groups (broad SMARTS) is 1. The summed E-state index contributed by atoms with van der Waals surface area (Å²) >= 11 is 0. The quantitative estimate of drug-likeness (QED) is 0.697. The van der Waals surface area contributed by atoms with Crippen LogP contribution in [-0.2, 0) is 16.1 Å².